The van der Waals surface area contributed by atoms with Crippen molar-refractivity contribution in [3.8, 4) is 22.8 Å². The van der Waals surface area contributed by atoms with E-state index >= 15 is 4.39 Å². The molecule has 32 heavy (non-hydrogen) atoms. The Morgan fingerprint density at radius 2 is 1.62 bits per heavy atom. The molecule has 1 aromatic heterocycles. The number of fused-ring (bicyclic) bond motifs is 1. The number of rotatable bonds is 7. The topological polar surface area (TPSA) is 57.4 Å². The van der Waals surface area contributed by atoms with Crippen molar-refractivity contribution in [3.05, 3.63) is 83.2 Å². The molecule has 4 nitrogen and oxygen atoms in total. The summed E-state index contributed by atoms with van der Waals surface area (Å²) in [5.74, 6) is -0.183. The first-order chi connectivity index (χ1) is 15.5. The number of hydrogen-bond acceptors (Lipinski definition) is 3. The van der Waals surface area contributed by atoms with Crippen molar-refractivity contribution in [2.45, 2.75) is 38.8 Å². The Balaban J connectivity index is 1.51. The third-order valence-electron chi connectivity index (χ3n) is 6.24. The smallest absolute Gasteiger partial charge is 0.156 e. The SMILES string of the molecule is Cc1cc(O)ccc1-c1c(F)c2cc(O)ccc2n1Cc1ccc(CCNC2CC2)cc1. The number of hydrogen-bond donors (Lipinski definition) is 3. The lowest BCUT2D eigenvalue weighted by atomic mass is 10.0. The van der Waals surface area contributed by atoms with Crippen molar-refractivity contribution in [2.75, 3.05) is 6.54 Å². The normalized spacial score (nSPS) is 13.7. The number of halogens is 1. The first-order valence-corrected chi connectivity index (χ1v) is 11.1. The number of nitrogens with zero attached hydrogens (tertiary/aromatic N) is 1. The van der Waals surface area contributed by atoms with Crippen molar-refractivity contribution >= 4 is 10.9 Å². The molecule has 1 aliphatic carbocycles. The van der Waals surface area contributed by atoms with Crippen molar-refractivity contribution in [3.63, 3.8) is 0 Å². The predicted molar refractivity (Wildman–Crippen MR) is 126 cm³/mol. The first kappa shape index (κ1) is 20.6. The molecule has 3 N–H and O–H groups in total. The van der Waals surface area contributed by atoms with Crippen LogP contribution in [-0.4, -0.2) is 27.4 Å². The maximum absolute atomic E-state index is 15.6. The largest absolute Gasteiger partial charge is 0.508 e. The highest BCUT2D eigenvalue weighted by Crippen LogP contribution is 2.37. The van der Waals surface area contributed by atoms with E-state index in [2.05, 4.69) is 29.6 Å². The number of phenols is 2. The molecule has 5 heteroatoms. The summed E-state index contributed by atoms with van der Waals surface area (Å²) >= 11 is 0. The zero-order valence-electron chi connectivity index (χ0n) is 18.1. The van der Waals surface area contributed by atoms with Crippen LogP contribution in [0, 0.1) is 12.7 Å². The second-order valence-electron chi connectivity index (χ2n) is 8.74. The zero-order valence-corrected chi connectivity index (χ0v) is 18.1. The fourth-order valence-corrected chi connectivity index (χ4v) is 4.35. The van der Waals surface area contributed by atoms with E-state index in [0.717, 1.165) is 35.2 Å². The molecule has 1 saturated carbocycles. The summed E-state index contributed by atoms with van der Waals surface area (Å²) < 4.78 is 17.6. The van der Waals surface area contributed by atoms with Crippen molar-refractivity contribution in [1.82, 2.24) is 9.88 Å². The molecule has 5 rings (SSSR count). The van der Waals surface area contributed by atoms with Gasteiger partial charge in [-0.2, -0.15) is 0 Å². The fourth-order valence-electron chi connectivity index (χ4n) is 4.35. The lowest BCUT2D eigenvalue weighted by Crippen LogP contribution is -2.19. The predicted octanol–water partition coefficient (Wildman–Crippen LogP) is 5.51. The van der Waals surface area contributed by atoms with Crippen LogP contribution in [-0.2, 0) is 13.0 Å². The molecule has 0 bridgehead atoms. The van der Waals surface area contributed by atoms with Gasteiger partial charge in [0.1, 0.15) is 11.5 Å². The van der Waals surface area contributed by atoms with Gasteiger partial charge in [-0.25, -0.2) is 4.39 Å². The molecule has 164 valence electrons. The minimum atomic E-state index is -0.368. The first-order valence-electron chi connectivity index (χ1n) is 11.1. The van der Waals surface area contributed by atoms with Gasteiger partial charge in [0.25, 0.3) is 0 Å². The van der Waals surface area contributed by atoms with Crippen LogP contribution >= 0.6 is 0 Å². The average Bonchev–Trinajstić information content (AvgIpc) is 3.56. The van der Waals surface area contributed by atoms with E-state index < -0.39 is 0 Å². The second-order valence-corrected chi connectivity index (χ2v) is 8.74. The van der Waals surface area contributed by atoms with Crippen molar-refractivity contribution in [2.24, 2.45) is 0 Å². The molecule has 0 atom stereocenters. The minimum absolute atomic E-state index is 0.0340. The molecule has 3 aromatic carbocycles. The molecule has 0 aliphatic heterocycles. The molecule has 0 unspecified atom stereocenters. The molecule has 4 aromatic rings. The summed E-state index contributed by atoms with van der Waals surface area (Å²) in [6, 6.07) is 19.0. The summed E-state index contributed by atoms with van der Waals surface area (Å²) in [4.78, 5) is 0. The van der Waals surface area contributed by atoms with Gasteiger partial charge in [0.05, 0.1) is 11.2 Å². The van der Waals surface area contributed by atoms with Gasteiger partial charge in [0.2, 0.25) is 0 Å². The molecule has 0 spiro atoms. The van der Waals surface area contributed by atoms with Crippen LogP contribution in [0.4, 0.5) is 4.39 Å². The zero-order chi connectivity index (χ0) is 22.2. The number of phenolic OH excluding ortho intramolecular Hbond substituents is 2. The van der Waals surface area contributed by atoms with Gasteiger partial charge in [-0.05, 0) is 85.8 Å². The summed E-state index contributed by atoms with van der Waals surface area (Å²) in [5, 5.41) is 23.7. The van der Waals surface area contributed by atoms with Crippen LogP contribution in [0.25, 0.3) is 22.2 Å². The Labute approximate surface area is 186 Å². The number of aromatic nitrogens is 1. The number of benzene rings is 3. The Morgan fingerprint density at radius 1 is 0.938 bits per heavy atom. The van der Waals surface area contributed by atoms with Gasteiger partial charge in [-0.3, -0.25) is 0 Å². The van der Waals surface area contributed by atoms with Gasteiger partial charge in [-0.15, -0.1) is 0 Å². The Morgan fingerprint density at radius 3 is 2.34 bits per heavy atom. The quantitative estimate of drug-likeness (QED) is 0.362. The van der Waals surface area contributed by atoms with E-state index in [1.54, 1.807) is 30.3 Å². The van der Waals surface area contributed by atoms with Gasteiger partial charge >= 0.3 is 0 Å². The molecular weight excluding hydrogens is 403 g/mol. The maximum atomic E-state index is 15.6. The summed E-state index contributed by atoms with van der Waals surface area (Å²) in [6.07, 6.45) is 3.58. The van der Waals surface area contributed by atoms with E-state index in [-0.39, 0.29) is 17.3 Å². The standard InChI is InChI=1S/C27H27FN2O2/c1-17-14-21(31)8-10-23(17)27-26(28)24-15-22(32)9-11-25(24)30(27)16-19-4-2-18(3-5-19)12-13-29-20-6-7-20/h2-5,8-11,14-15,20,29,31-32H,6-7,12-13,16H2,1H3. The van der Waals surface area contributed by atoms with E-state index in [0.29, 0.717) is 23.7 Å². The third-order valence-corrected chi connectivity index (χ3v) is 6.24. The maximum Gasteiger partial charge on any atom is 0.156 e. The summed E-state index contributed by atoms with van der Waals surface area (Å²) in [5.41, 5.74) is 5.05. The Bertz CT molecular complexity index is 1270. The monoisotopic (exact) mass is 430 g/mol. The Kier molecular flexibility index (Phi) is 5.35. The van der Waals surface area contributed by atoms with E-state index in [1.165, 1.54) is 24.5 Å². The van der Waals surface area contributed by atoms with Crippen LogP contribution < -0.4 is 5.32 Å². The van der Waals surface area contributed by atoms with Crippen molar-refractivity contribution in [1.29, 1.82) is 0 Å². The molecular formula is C27H27FN2O2. The third kappa shape index (κ3) is 4.08. The van der Waals surface area contributed by atoms with E-state index in [9.17, 15) is 10.2 Å². The lowest BCUT2D eigenvalue weighted by molar-refractivity contribution is 0.474. The van der Waals surface area contributed by atoms with Gasteiger partial charge < -0.3 is 20.1 Å². The average molecular weight is 431 g/mol. The highest BCUT2D eigenvalue weighted by molar-refractivity contribution is 5.89. The number of aryl methyl sites for hydroxylation is 1. The molecule has 0 amide bonds. The summed E-state index contributed by atoms with van der Waals surface area (Å²) in [7, 11) is 0. The highest BCUT2D eigenvalue weighted by atomic mass is 19.1. The lowest BCUT2D eigenvalue weighted by Gasteiger charge is -2.14. The van der Waals surface area contributed by atoms with Gasteiger partial charge in [0, 0.05) is 23.5 Å². The van der Waals surface area contributed by atoms with Crippen LogP contribution in [0.3, 0.4) is 0 Å². The van der Waals surface area contributed by atoms with E-state index in [4.69, 9.17) is 0 Å². The number of aromatic hydroxyl groups is 2. The van der Waals surface area contributed by atoms with Crippen LogP contribution in [0.2, 0.25) is 0 Å². The number of nitrogens with one attached hydrogen (secondary N) is 1. The Hall–Kier alpha value is -3.31. The molecule has 0 radical (unpaired) electrons. The molecule has 1 fully saturated rings. The second kappa shape index (κ2) is 8.32. The van der Waals surface area contributed by atoms with Crippen LogP contribution in [0.5, 0.6) is 11.5 Å². The molecule has 1 aliphatic rings. The van der Waals surface area contributed by atoms with Crippen molar-refractivity contribution < 1.29 is 14.6 Å². The van der Waals surface area contributed by atoms with Gasteiger partial charge in [0.15, 0.2) is 5.82 Å². The van der Waals surface area contributed by atoms with Crippen LogP contribution in [0.1, 0.15) is 29.5 Å². The van der Waals surface area contributed by atoms with Crippen LogP contribution in [0.15, 0.2) is 60.7 Å². The molecule has 0 saturated heterocycles. The van der Waals surface area contributed by atoms with E-state index in [1.807, 2.05) is 11.5 Å². The molecule has 1 heterocycles. The highest BCUT2D eigenvalue weighted by Gasteiger charge is 2.21. The van der Waals surface area contributed by atoms with Gasteiger partial charge in [-0.1, -0.05) is 24.3 Å². The fraction of sp³-hybridized carbons (Fsp3) is 0.259. The minimum Gasteiger partial charge on any atom is -0.508 e. The summed E-state index contributed by atoms with van der Waals surface area (Å²) in [6.45, 7) is 3.35.